The molecule has 0 saturated carbocycles. The van der Waals surface area contributed by atoms with E-state index in [2.05, 4.69) is 22.5 Å². The molecule has 0 radical (unpaired) electrons. The predicted molar refractivity (Wildman–Crippen MR) is 104 cm³/mol. The Morgan fingerprint density at radius 2 is 2.11 bits per heavy atom. The second-order valence-electron chi connectivity index (χ2n) is 6.95. The van der Waals surface area contributed by atoms with E-state index in [1.54, 1.807) is 6.07 Å². The quantitative estimate of drug-likeness (QED) is 0.732. The number of hydrogen-bond donors (Lipinski definition) is 1. The van der Waals surface area contributed by atoms with E-state index >= 15 is 0 Å². The van der Waals surface area contributed by atoms with Crippen LogP contribution in [0, 0.1) is 5.82 Å². The highest BCUT2D eigenvalue weighted by molar-refractivity contribution is 5.94. The Hall–Kier alpha value is -3.15. The second-order valence-corrected chi connectivity index (χ2v) is 6.95. The van der Waals surface area contributed by atoms with Gasteiger partial charge < -0.3 is 10.1 Å². The molecule has 1 N–H and O–H groups in total. The Morgan fingerprint density at radius 1 is 1.29 bits per heavy atom. The molecule has 0 saturated heterocycles. The summed E-state index contributed by atoms with van der Waals surface area (Å²) >= 11 is 0. The van der Waals surface area contributed by atoms with Crippen LogP contribution in [0.1, 0.15) is 46.1 Å². The summed E-state index contributed by atoms with van der Waals surface area (Å²) in [5.41, 5.74) is 3.35. The van der Waals surface area contributed by atoms with Crippen LogP contribution in [0.5, 0.6) is 5.75 Å². The van der Waals surface area contributed by atoms with Gasteiger partial charge in [0.2, 0.25) is 0 Å². The fraction of sp³-hybridized carbons (Fsp3) is 0.273. The van der Waals surface area contributed by atoms with E-state index in [1.165, 1.54) is 24.8 Å². The first-order chi connectivity index (χ1) is 13.7. The minimum absolute atomic E-state index is 0.0181. The van der Waals surface area contributed by atoms with Gasteiger partial charge in [0.15, 0.2) is 0 Å². The molecule has 4 rings (SSSR count). The Balaban J connectivity index is 1.53. The van der Waals surface area contributed by atoms with Gasteiger partial charge in [-0.15, -0.1) is 0 Å². The number of nitrogens with zero attached hydrogens (tertiary/aromatic N) is 2. The first-order valence-corrected chi connectivity index (χ1v) is 9.38. The van der Waals surface area contributed by atoms with Gasteiger partial charge in [-0.25, -0.2) is 4.39 Å². The Bertz CT molecular complexity index is 985. The van der Waals surface area contributed by atoms with Gasteiger partial charge >= 0.3 is 0 Å². The summed E-state index contributed by atoms with van der Waals surface area (Å²) < 4.78 is 21.2. The summed E-state index contributed by atoms with van der Waals surface area (Å²) in [7, 11) is 1.46. The maximum Gasteiger partial charge on any atom is 0.254 e. The van der Waals surface area contributed by atoms with Crippen molar-refractivity contribution in [2.24, 2.45) is 0 Å². The summed E-state index contributed by atoms with van der Waals surface area (Å²) in [6.45, 7) is 0.698. The number of nitrogens with one attached hydrogen (secondary N) is 1. The molecule has 1 amide bonds. The van der Waals surface area contributed by atoms with Crippen molar-refractivity contribution in [2.45, 2.75) is 31.8 Å². The molecule has 0 spiro atoms. The standard InChI is InChI=1S/C22H22FN3O2/c1-28-16-10-11-17(19(23)12-16)22(27)25-20-8-5-9-21-18(20)13-24-26(21)14-15-6-3-2-4-7-15/h2-4,6-7,10-13,20H,5,8-9,14H2,1H3,(H,25,27). The predicted octanol–water partition coefficient (Wildman–Crippen LogP) is 3.89. The van der Waals surface area contributed by atoms with Crippen LogP contribution in [0.3, 0.4) is 0 Å². The molecule has 1 heterocycles. The van der Waals surface area contributed by atoms with E-state index in [1.807, 2.05) is 29.1 Å². The van der Waals surface area contributed by atoms with Crippen molar-refractivity contribution in [2.75, 3.05) is 7.11 Å². The highest BCUT2D eigenvalue weighted by Crippen LogP contribution is 2.30. The van der Waals surface area contributed by atoms with Crippen molar-refractivity contribution in [3.05, 3.63) is 82.9 Å². The molecule has 3 aromatic rings. The molecule has 0 fully saturated rings. The zero-order valence-electron chi connectivity index (χ0n) is 15.7. The maximum absolute atomic E-state index is 14.2. The van der Waals surface area contributed by atoms with Gasteiger partial charge in [0.05, 0.1) is 31.5 Å². The molecule has 1 aliphatic rings. The molecular weight excluding hydrogens is 357 g/mol. The first kappa shape index (κ1) is 18.2. The molecule has 6 heteroatoms. The number of ether oxygens (including phenoxy) is 1. The van der Waals surface area contributed by atoms with Gasteiger partial charge in [-0.1, -0.05) is 30.3 Å². The number of hydrogen-bond acceptors (Lipinski definition) is 3. The number of aromatic nitrogens is 2. The zero-order valence-corrected chi connectivity index (χ0v) is 15.7. The molecule has 0 bridgehead atoms. The lowest BCUT2D eigenvalue weighted by molar-refractivity contribution is 0.0928. The second kappa shape index (κ2) is 7.84. The number of benzene rings is 2. The van der Waals surface area contributed by atoms with Crippen LogP contribution in [0.25, 0.3) is 0 Å². The van der Waals surface area contributed by atoms with Gasteiger partial charge in [0.1, 0.15) is 11.6 Å². The van der Waals surface area contributed by atoms with E-state index in [9.17, 15) is 9.18 Å². The number of rotatable bonds is 5. The van der Waals surface area contributed by atoms with Crippen molar-refractivity contribution in [1.82, 2.24) is 15.1 Å². The van der Waals surface area contributed by atoms with Gasteiger partial charge in [-0.3, -0.25) is 9.48 Å². The molecule has 5 nitrogen and oxygen atoms in total. The normalized spacial score (nSPS) is 15.7. The van der Waals surface area contributed by atoms with Crippen LogP contribution >= 0.6 is 0 Å². The van der Waals surface area contributed by atoms with Crippen molar-refractivity contribution < 1.29 is 13.9 Å². The highest BCUT2D eigenvalue weighted by Gasteiger charge is 2.26. The summed E-state index contributed by atoms with van der Waals surface area (Å²) in [5.74, 6) is -0.627. The van der Waals surface area contributed by atoms with Gasteiger partial charge in [0.25, 0.3) is 5.91 Å². The lowest BCUT2D eigenvalue weighted by Crippen LogP contribution is -2.31. The third kappa shape index (κ3) is 3.63. The zero-order chi connectivity index (χ0) is 19.5. The maximum atomic E-state index is 14.2. The first-order valence-electron chi connectivity index (χ1n) is 9.38. The van der Waals surface area contributed by atoms with Gasteiger partial charge in [-0.2, -0.15) is 5.10 Å². The number of methoxy groups -OCH3 is 1. The van der Waals surface area contributed by atoms with Crippen molar-refractivity contribution in [3.8, 4) is 5.75 Å². The number of amides is 1. The Morgan fingerprint density at radius 3 is 2.86 bits per heavy atom. The van der Waals surface area contributed by atoms with Crippen LogP contribution in [-0.4, -0.2) is 22.8 Å². The van der Waals surface area contributed by atoms with E-state index in [0.717, 1.165) is 30.5 Å². The Kier molecular flexibility index (Phi) is 5.10. The number of fused-ring (bicyclic) bond motifs is 1. The lowest BCUT2D eigenvalue weighted by Gasteiger charge is -2.24. The largest absolute Gasteiger partial charge is 0.497 e. The monoisotopic (exact) mass is 379 g/mol. The van der Waals surface area contributed by atoms with E-state index < -0.39 is 11.7 Å². The molecule has 2 aromatic carbocycles. The van der Waals surface area contributed by atoms with Crippen LogP contribution in [-0.2, 0) is 13.0 Å². The van der Waals surface area contributed by atoms with Gasteiger partial charge in [0, 0.05) is 17.3 Å². The summed E-state index contributed by atoms with van der Waals surface area (Å²) in [6.07, 6.45) is 4.51. The molecule has 28 heavy (non-hydrogen) atoms. The van der Waals surface area contributed by atoms with Crippen LogP contribution in [0.15, 0.2) is 54.7 Å². The minimum Gasteiger partial charge on any atom is -0.497 e. The fourth-order valence-corrected chi connectivity index (χ4v) is 3.70. The highest BCUT2D eigenvalue weighted by atomic mass is 19.1. The SMILES string of the molecule is COc1ccc(C(=O)NC2CCCc3c2cnn3Cc2ccccc2)c(F)c1. The van der Waals surface area contributed by atoms with E-state index in [0.29, 0.717) is 12.3 Å². The van der Waals surface area contributed by atoms with Crippen LogP contribution in [0.2, 0.25) is 0 Å². The number of carbonyl (C=O) groups is 1. The number of carbonyl (C=O) groups excluding carboxylic acids is 1. The van der Waals surface area contributed by atoms with Crippen LogP contribution < -0.4 is 10.1 Å². The third-order valence-corrected chi connectivity index (χ3v) is 5.16. The van der Waals surface area contributed by atoms with E-state index in [-0.39, 0.29) is 11.6 Å². The van der Waals surface area contributed by atoms with E-state index in [4.69, 9.17) is 4.74 Å². The average Bonchev–Trinajstić information content (AvgIpc) is 3.12. The molecule has 144 valence electrons. The summed E-state index contributed by atoms with van der Waals surface area (Å²) in [4.78, 5) is 12.6. The summed E-state index contributed by atoms with van der Waals surface area (Å²) in [5, 5.41) is 7.51. The molecule has 0 aliphatic heterocycles. The van der Waals surface area contributed by atoms with Crippen LogP contribution in [0.4, 0.5) is 4.39 Å². The van der Waals surface area contributed by atoms with Gasteiger partial charge in [-0.05, 0) is 37.0 Å². The third-order valence-electron chi connectivity index (χ3n) is 5.16. The topological polar surface area (TPSA) is 56.1 Å². The van der Waals surface area contributed by atoms with Crippen molar-refractivity contribution in [3.63, 3.8) is 0 Å². The molecule has 1 unspecified atom stereocenters. The average molecular weight is 379 g/mol. The summed E-state index contributed by atoms with van der Waals surface area (Å²) in [6, 6.07) is 14.3. The molecular formula is C22H22FN3O2. The van der Waals surface area contributed by atoms with Crippen molar-refractivity contribution in [1.29, 1.82) is 0 Å². The molecule has 1 aromatic heterocycles. The van der Waals surface area contributed by atoms with Crippen molar-refractivity contribution >= 4 is 5.91 Å². The Labute approximate surface area is 163 Å². The molecule has 1 aliphatic carbocycles. The lowest BCUT2D eigenvalue weighted by atomic mass is 9.92. The fourth-order valence-electron chi connectivity index (χ4n) is 3.70. The molecule has 1 atom stereocenters. The number of halogens is 1. The smallest absolute Gasteiger partial charge is 0.254 e. The minimum atomic E-state index is -0.590.